The van der Waals surface area contributed by atoms with E-state index in [-0.39, 0.29) is 11.8 Å². The number of nitrogens with zero attached hydrogens (tertiary/aromatic N) is 2. The predicted octanol–water partition coefficient (Wildman–Crippen LogP) is 1.13. The summed E-state index contributed by atoms with van der Waals surface area (Å²) in [6.07, 6.45) is 7.01. The summed E-state index contributed by atoms with van der Waals surface area (Å²) < 4.78 is 0. The number of hydrogen-bond acceptors (Lipinski definition) is 2. The van der Waals surface area contributed by atoms with Crippen LogP contribution in [0.4, 0.5) is 0 Å². The maximum absolute atomic E-state index is 11.2. The fourth-order valence-electron chi connectivity index (χ4n) is 1.28. The first-order valence-electron chi connectivity index (χ1n) is 3.78. The first-order chi connectivity index (χ1) is 5.77. The number of amides is 1. The Bertz CT molecular complexity index is 348. The molecule has 1 aliphatic heterocycles. The third-order valence-corrected chi connectivity index (χ3v) is 1.92. The van der Waals surface area contributed by atoms with Gasteiger partial charge in [-0.15, -0.1) is 0 Å². The minimum absolute atomic E-state index is 0.122. The molecule has 0 spiro atoms. The Hall–Kier alpha value is -1.51. The molecule has 60 valence electrons. The van der Waals surface area contributed by atoms with Crippen LogP contribution in [0.3, 0.4) is 0 Å². The molecule has 0 N–H and O–H groups in total. The Morgan fingerprint density at radius 1 is 1.42 bits per heavy atom. The largest absolute Gasteiger partial charge is 0.271 e. The minimum atomic E-state index is -0.236. The van der Waals surface area contributed by atoms with E-state index in [0.717, 1.165) is 11.3 Å². The first kappa shape index (κ1) is 7.16. The summed E-state index contributed by atoms with van der Waals surface area (Å²) in [4.78, 5) is 18.8. The van der Waals surface area contributed by atoms with E-state index in [9.17, 15) is 4.79 Å². The molecule has 3 nitrogen and oxygen atoms in total. The molecular weight excluding hydrogens is 152 g/mol. The smallest absolute Gasteiger partial charge is 0.260 e. The number of allylic oxidation sites excluding steroid dienone is 3. The van der Waals surface area contributed by atoms with Gasteiger partial charge in [0.2, 0.25) is 0 Å². The zero-order valence-electron chi connectivity index (χ0n) is 6.69. The quantitative estimate of drug-likeness (QED) is 0.523. The average molecular weight is 160 g/mol. The lowest BCUT2D eigenvalue weighted by atomic mass is 9.93. The number of fused-ring (bicyclic) bond motifs is 1. The number of carbonyl (C=O) groups is 1. The molecule has 1 unspecified atom stereocenters. The van der Waals surface area contributed by atoms with Crippen LogP contribution >= 0.6 is 0 Å². The van der Waals surface area contributed by atoms with E-state index < -0.39 is 0 Å². The zero-order valence-corrected chi connectivity index (χ0v) is 6.69. The highest BCUT2D eigenvalue weighted by molar-refractivity contribution is 6.18. The lowest BCUT2D eigenvalue weighted by Gasteiger charge is -2.15. The van der Waals surface area contributed by atoms with Gasteiger partial charge in [-0.1, -0.05) is 17.7 Å². The van der Waals surface area contributed by atoms with Gasteiger partial charge in [-0.05, 0) is 13.0 Å². The van der Waals surface area contributed by atoms with Gasteiger partial charge in [-0.3, -0.25) is 4.79 Å². The third kappa shape index (κ3) is 1.03. The molecule has 12 heavy (non-hydrogen) atoms. The standard InChI is InChI=1S/C9H8N2O/c1-6-2-3-8-7(4-6)9(12)11-5-10-8/h2-5,7H,1H3. The van der Waals surface area contributed by atoms with E-state index in [4.69, 9.17) is 0 Å². The van der Waals surface area contributed by atoms with Gasteiger partial charge < -0.3 is 0 Å². The second-order valence-corrected chi connectivity index (χ2v) is 2.86. The second kappa shape index (κ2) is 2.52. The Morgan fingerprint density at radius 2 is 2.25 bits per heavy atom. The molecule has 0 saturated heterocycles. The average Bonchev–Trinajstić information content (AvgIpc) is 2.07. The number of carbonyl (C=O) groups excluding carboxylic acids is 1. The van der Waals surface area contributed by atoms with Crippen molar-refractivity contribution >= 4 is 18.0 Å². The predicted molar refractivity (Wildman–Crippen MR) is 47.3 cm³/mol. The normalized spacial score (nSPS) is 26.4. The topological polar surface area (TPSA) is 41.8 Å². The van der Waals surface area contributed by atoms with E-state index in [2.05, 4.69) is 9.98 Å². The van der Waals surface area contributed by atoms with Crippen LogP contribution in [-0.4, -0.2) is 18.0 Å². The highest BCUT2D eigenvalue weighted by Crippen LogP contribution is 2.17. The Labute approximate surface area is 70.2 Å². The van der Waals surface area contributed by atoms with Crippen LogP contribution in [0.2, 0.25) is 0 Å². The summed E-state index contributed by atoms with van der Waals surface area (Å²) in [5.41, 5.74) is 1.88. The molecule has 0 saturated carbocycles. The van der Waals surface area contributed by atoms with Gasteiger partial charge in [-0.2, -0.15) is 0 Å². The van der Waals surface area contributed by atoms with Gasteiger partial charge in [0.25, 0.3) is 5.91 Å². The molecule has 2 rings (SSSR count). The van der Waals surface area contributed by atoms with Crippen molar-refractivity contribution in [3.63, 3.8) is 0 Å². The SMILES string of the molecule is CC1=CC2C(=O)N=CN=C2C=C1. The van der Waals surface area contributed by atoms with Crippen molar-refractivity contribution in [2.45, 2.75) is 6.92 Å². The molecule has 1 amide bonds. The number of hydrogen-bond donors (Lipinski definition) is 0. The first-order valence-corrected chi connectivity index (χ1v) is 3.78. The van der Waals surface area contributed by atoms with Gasteiger partial charge in [0, 0.05) is 0 Å². The van der Waals surface area contributed by atoms with Gasteiger partial charge in [0.05, 0.1) is 5.71 Å². The third-order valence-electron chi connectivity index (χ3n) is 1.92. The van der Waals surface area contributed by atoms with Crippen LogP contribution < -0.4 is 0 Å². The summed E-state index contributed by atoms with van der Waals surface area (Å²) in [5.74, 6) is -0.358. The molecule has 1 heterocycles. The summed E-state index contributed by atoms with van der Waals surface area (Å²) in [5, 5.41) is 0. The van der Waals surface area contributed by atoms with E-state index in [0.29, 0.717) is 0 Å². The molecule has 1 aliphatic carbocycles. The monoisotopic (exact) mass is 160 g/mol. The Kier molecular flexibility index (Phi) is 1.50. The van der Waals surface area contributed by atoms with Crippen LogP contribution in [-0.2, 0) is 4.79 Å². The molecule has 3 heteroatoms. The van der Waals surface area contributed by atoms with Crippen LogP contribution in [0, 0.1) is 5.92 Å². The van der Waals surface area contributed by atoms with Crippen molar-refractivity contribution in [2.24, 2.45) is 15.9 Å². The number of rotatable bonds is 0. The van der Waals surface area contributed by atoms with E-state index in [1.807, 2.05) is 25.2 Å². The van der Waals surface area contributed by atoms with E-state index in [1.165, 1.54) is 6.34 Å². The Balaban J connectivity index is 2.43. The molecule has 0 bridgehead atoms. The zero-order chi connectivity index (χ0) is 8.55. The second-order valence-electron chi connectivity index (χ2n) is 2.86. The summed E-state index contributed by atoms with van der Waals surface area (Å²) in [6.45, 7) is 1.96. The summed E-state index contributed by atoms with van der Waals surface area (Å²) in [7, 11) is 0. The van der Waals surface area contributed by atoms with Crippen LogP contribution in [0.1, 0.15) is 6.92 Å². The van der Waals surface area contributed by atoms with Crippen molar-refractivity contribution in [3.05, 3.63) is 23.8 Å². The van der Waals surface area contributed by atoms with Crippen LogP contribution in [0.15, 0.2) is 33.8 Å². The molecule has 0 radical (unpaired) electrons. The van der Waals surface area contributed by atoms with Crippen molar-refractivity contribution in [2.75, 3.05) is 0 Å². The van der Waals surface area contributed by atoms with Gasteiger partial charge in [0.1, 0.15) is 12.3 Å². The Morgan fingerprint density at radius 3 is 3.08 bits per heavy atom. The lowest BCUT2D eigenvalue weighted by molar-refractivity contribution is -0.118. The van der Waals surface area contributed by atoms with Gasteiger partial charge >= 0.3 is 0 Å². The molecule has 2 aliphatic rings. The molecule has 1 atom stereocenters. The molecular formula is C9H8N2O. The van der Waals surface area contributed by atoms with Crippen LogP contribution in [0.5, 0.6) is 0 Å². The van der Waals surface area contributed by atoms with Crippen molar-refractivity contribution in [1.29, 1.82) is 0 Å². The van der Waals surface area contributed by atoms with Crippen molar-refractivity contribution in [1.82, 2.24) is 0 Å². The minimum Gasteiger partial charge on any atom is -0.271 e. The van der Waals surface area contributed by atoms with Crippen molar-refractivity contribution < 1.29 is 4.79 Å². The van der Waals surface area contributed by atoms with Gasteiger partial charge in [0.15, 0.2) is 0 Å². The number of aliphatic imine (C=N–C) groups is 2. The molecule has 0 fully saturated rings. The summed E-state index contributed by atoms with van der Waals surface area (Å²) >= 11 is 0. The fraction of sp³-hybridized carbons (Fsp3) is 0.222. The van der Waals surface area contributed by atoms with Crippen LogP contribution in [0.25, 0.3) is 0 Å². The maximum atomic E-state index is 11.2. The van der Waals surface area contributed by atoms with E-state index >= 15 is 0 Å². The summed E-state index contributed by atoms with van der Waals surface area (Å²) in [6, 6.07) is 0. The molecule has 0 aromatic heterocycles. The highest BCUT2D eigenvalue weighted by Gasteiger charge is 2.23. The maximum Gasteiger partial charge on any atom is 0.260 e. The van der Waals surface area contributed by atoms with Gasteiger partial charge in [-0.25, -0.2) is 9.98 Å². The molecule has 0 aromatic carbocycles. The van der Waals surface area contributed by atoms with E-state index in [1.54, 1.807) is 0 Å². The molecule has 0 aromatic rings. The highest BCUT2D eigenvalue weighted by atomic mass is 16.1. The van der Waals surface area contributed by atoms with Crippen molar-refractivity contribution in [3.8, 4) is 0 Å². The fourth-order valence-corrected chi connectivity index (χ4v) is 1.28. The lowest BCUT2D eigenvalue weighted by Crippen LogP contribution is -2.24.